The van der Waals surface area contributed by atoms with Gasteiger partial charge in [0, 0.05) is 12.7 Å². The minimum Gasteiger partial charge on any atom is -0.340 e. The molecule has 136 valence electrons. The maximum atomic E-state index is 13.5. The quantitative estimate of drug-likeness (QED) is 0.590. The first-order valence-corrected chi connectivity index (χ1v) is 9.09. The van der Waals surface area contributed by atoms with Crippen molar-refractivity contribution in [2.24, 2.45) is 0 Å². The van der Waals surface area contributed by atoms with Crippen LogP contribution in [0.25, 0.3) is 16.6 Å². The van der Waals surface area contributed by atoms with Gasteiger partial charge in [-0.05, 0) is 49.6 Å². The Labute approximate surface area is 154 Å². The van der Waals surface area contributed by atoms with Crippen LogP contribution in [-0.4, -0.2) is 36.9 Å². The molecule has 0 saturated carbocycles. The molecule has 0 unspecified atom stereocenters. The van der Waals surface area contributed by atoms with Crippen LogP contribution in [0, 0.1) is 5.82 Å². The fraction of sp³-hybridized carbons (Fsp3) is 0.250. The number of halogens is 1. The van der Waals surface area contributed by atoms with Crippen LogP contribution in [0.1, 0.15) is 41.5 Å². The molecule has 1 amide bonds. The molecule has 1 fully saturated rings. The Kier molecular flexibility index (Phi) is 3.67. The SMILES string of the molecule is O=C(c1cnn2ccccc12)N1CCCC[C@H]1c1nc2ccc(F)cc2[nH]1. The van der Waals surface area contributed by atoms with Crippen LogP contribution in [-0.2, 0) is 0 Å². The van der Waals surface area contributed by atoms with E-state index in [0.717, 1.165) is 24.8 Å². The summed E-state index contributed by atoms with van der Waals surface area (Å²) in [5, 5.41) is 4.28. The third-order valence-electron chi connectivity index (χ3n) is 5.20. The van der Waals surface area contributed by atoms with Gasteiger partial charge in [-0.1, -0.05) is 6.07 Å². The van der Waals surface area contributed by atoms with E-state index in [4.69, 9.17) is 0 Å². The first-order chi connectivity index (χ1) is 13.2. The molecule has 3 aromatic heterocycles. The van der Waals surface area contributed by atoms with Crippen molar-refractivity contribution in [3.63, 3.8) is 0 Å². The fourth-order valence-corrected chi connectivity index (χ4v) is 3.87. The highest BCUT2D eigenvalue weighted by atomic mass is 19.1. The van der Waals surface area contributed by atoms with Crippen molar-refractivity contribution in [1.29, 1.82) is 0 Å². The lowest BCUT2D eigenvalue weighted by molar-refractivity contribution is 0.0603. The summed E-state index contributed by atoms with van der Waals surface area (Å²) in [5.41, 5.74) is 2.74. The van der Waals surface area contributed by atoms with Crippen LogP contribution in [0.2, 0.25) is 0 Å². The number of hydrogen-bond acceptors (Lipinski definition) is 3. The van der Waals surface area contributed by atoms with Crippen LogP contribution >= 0.6 is 0 Å². The molecule has 0 aliphatic carbocycles. The van der Waals surface area contributed by atoms with Gasteiger partial charge < -0.3 is 9.88 Å². The summed E-state index contributed by atoms with van der Waals surface area (Å²) < 4.78 is 15.2. The number of hydrogen-bond donors (Lipinski definition) is 1. The molecule has 5 rings (SSSR count). The van der Waals surface area contributed by atoms with Crippen LogP contribution in [0.3, 0.4) is 0 Å². The zero-order valence-corrected chi connectivity index (χ0v) is 14.6. The summed E-state index contributed by atoms with van der Waals surface area (Å²) in [6, 6.07) is 10.0. The van der Waals surface area contributed by atoms with E-state index in [2.05, 4.69) is 15.1 Å². The largest absolute Gasteiger partial charge is 0.340 e. The number of imidazole rings is 1. The van der Waals surface area contributed by atoms with E-state index in [1.807, 2.05) is 29.3 Å². The summed E-state index contributed by atoms with van der Waals surface area (Å²) in [4.78, 5) is 23.0. The Morgan fingerprint density at radius 1 is 1.22 bits per heavy atom. The van der Waals surface area contributed by atoms with Gasteiger partial charge in [-0.2, -0.15) is 5.10 Å². The molecule has 1 atom stereocenters. The van der Waals surface area contributed by atoms with Crippen molar-refractivity contribution in [1.82, 2.24) is 24.5 Å². The molecule has 1 aliphatic heterocycles. The van der Waals surface area contributed by atoms with Gasteiger partial charge in [0.05, 0.1) is 34.4 Å². The summed E-state index contributed by atoms with van der Waals surface area (Å²) >= 11 is 0. The topological polar surface area (TPSA) is 66.3 Å². The minimum atomic E-state index is -0.305. The van der Waals surface area contributed by atoms with Gasteiger partial charge in [-0.15, -0.1) is 0 Å². The molecule has 1 saturated heterocycles. The van der Waals surface area contributed by atoms with E-state index < -0.39 is 0 Å². The zero-order chi connectivity index (χ0) is 18.4. The van der Waals surface area contributed by atoms with E-state index in [1.54, 1.807) is 16.8 Å². The molecule has 0 bridgehead atoms. The zero-order valence-electron chi connectivity index (χ0n) is 14.6. The average Bonchev–Trinajstić information content (AvgIpc) is 3.31. The molecule has 1 aliphatic rings. The minimum absolute atomic E-state index is 0.0486. The lowest BCUT2D eigenvalue weighted by atomic mass is 10.0. The lowest BCUT2D eigenvalue weighted by Crippen LogP contribution is -2.39. The summed E-state index contributed by atoms with van der Waals surface area (Å²) in [7, 11) is 0. The number of pyridine rings is 1. The van der Waals surface area contributed by atoms with Crippen molar-refractivity contribution < 1.29 is 9.18 Å². The molecular weight excluding hydrogens is 345 g/mol. The van der Waals surface area contributed by atoms with Crippen molar-refractivity contribution in [3.8, 4) is 0 Å². The molecule has 0 spiro atoms. The number of likely N-dealkylation sites (tertiary alicyclic amines) is 1. The highest BCUT2D eigenvalue weighted by Crippen LogP contribution is 2.32. The van der Waals surface area contributed by atoms with E-state index in [1.165, 1.54) is 12.1 Å². The van der Waals surface area contributed by atoms with E-state index in [0.29, 0.717) is 29.0 Å². The van der Waals surface area contributed by atoms with Crippen molar-refractivity contribution in [2.45, 2.75) is 25.3 Å². The molecular formula is C20H18FN5O. The monoisotopic (exact) mass is 363 g/mol. The normalized spacial score (nSPS) is 17.7. The second-order valence-electron chi connectivity index (χ2n) is 6.88. The highest BCUT2D eigenvalue weighted by molar-refractivity contribution is 6.00. The number of rotatable bonds is 2. The molecule has 1 aromatic carbocycles. The smallest absolute Gasteiger partial charge is 0.258 e. The second kappa shape index (κ2) is 6.19. The Morgan fingerprint density at radius 3 is 3.07 bits per heavy atom. The van der Waals surface area contributed by atoms with Crippen molar-refractivity contribution >= 4 is 22.5 Å². The molecule has 27 heavy (non-hydrogen) atoms. The summed E-state index contributed by atoms with van der Waals surface area (Å²) in [5.74, 6) is 0.355. The molecule has 0 radical (unpaired) electrons. The summed E-state index contributed by atoms with van der Waals surface area (Å²) in [6.07, 6.45) is 6.25. The number of carbonyl (C=O) groups excluding carboxylic acids is 1. The Balaban J connectivity index is 1.54. The van der Waals surface area contributed by atoms with Crippen LogP contribution < -0.4 is 0 Å². The first kappa shape index (κ1) is 16.0. The van der Waals surface area contributed by atoms with Crippen LogP contribution in [0.5, 0.6) is 0 Å². The maximum absolute atomic E-state index is 13.5. The standard InChI is InChI=1S/C20H18FN5O/c21-13-7-8-15-16(11-13)24-19(23-15)18-6-1-3-9-25(18)20(27)14-12-22-26-10-4-2-5-17(14)26/h2,4-5,7-8,10-12,18H,1,3,6,9H2,(H,23,24)/t18-/m0/s1. The number of nitrogens with zero attached hydrogens (tertiary/aromatic N) is 4. The Bertz CT molecular complexity index is 1150. The van der Waals surface area contributed by atoms with E-state index in [9.17, 15) is 9.18 Å². The first-order valence-electron chi connectivity index (χ1n) is 9.09. The average molecular weight is 363 g/mol. The van der Waals surface area contributed by atoms with Gasteiger partial charge in [-0.3, -0.25) is 4.79 Å². The number of amides is 1. The number of nitrogens with one attached hydrogen (secondary N) is 1. The lowest BCUT2D eigenvalue weighted by Gasteiger charge is -2.34. The van der Waals surface area contributed by atoms with Crippen LogP contribution in [0.4, 0.5) is 4.39 Å². The number of benzene rings is 1. The predicted molar refractivity (Wildman–Crippen MR) is 98.9 cm³/mol. The van der Waals surface area contributed by atoms with Gasteiger partial charge >= 0.3 is 0 Å². The van der Waals surface area contributed by atoms with Gasteiger partial charge in [0.1, 0.15) is 11.6 Å². The molecule has 4 aromatic rings. The van der Waals surface area contributed by atoms with Gasteiger partial charge in [0.15, 0.2) is 0 Å². The van der Waals surface area contributed by atoms with E-state index in [-0.39, 0.29) is 17.8 Å². The molecule has 4 heterocycles. The Morgan fingerprint density at radius 2 is 2.15 bits per heavy atom. The van der Waals surface area contributed by atoms with Crippen molar-refractivity contribution in [2.75, 3.05) is 6.54 Å². The third-order valence-corrected chi connectivity index (χ3v) is 5.20. The maximum Gasteiger partial charge on any atom is 0.258 e. The molecule has 7 heteroatoms. The fourth-order valence-electron chi connectivity index (χ4n) is 3.87. The number of piperidine rings is 1. The van der Waals surface area contributed by atoms with Crippen LogP contribution in [0.15, 0.2) is 48.8 Å². The predicted octanol–water partition coefficient (Wildman–Crippen LogP) is 3.72. The van der Waals surface area contributed by atoms with Gasteiger partial charge in [0.2, 0.25) is 0 Å². The van der Waals surface area contributed by atoms with E-state index >= 15 is 0 Å². The molecule has 1 N–H and O–H groups in total. The number of H-pyrrole nitrogens is 1. The van der Waals surface area contributed by atoms with Gasteiger partial charge in [0.25, 0.3) is 5.91 Å². The Hall–Kier alpha value is -3.22. The number of aromatic amines is 1. The van der Waals surface area contributed by atoms with Gasteiger partial charge in [-0.25, -0.2) is 13.9 Å². The molecule has 6 nitrogen and oxygen atoms in total. The number of fused-ring (bicyclic) bond motifs is 2. The number of aromatic nitrogens is 4. The third kappa shape index (κ3) is 2.66. The number of carbonyl (C=O) groups is 1. The second-order valence-corrected chi connectivity index (χ2v) is 6.88. The highest BCUT2D eigenvalue weighted by Gasteiger charge is 2.32. The van der Waals surface area contributed by atoms with Crippen molar-refractivity contribution in [3.05, 3.63) is 66.0 Å². The summed E-state index contributed by atoms with van der Waals surface area (Å²) in [6.45, 7) is 0.666.